The minimum absolute atomic E-state index is 0.179. The van der Waals surface area contributed by atoms with E-state index in [0.29, 0.717) is 41.6 Å². The summed E-state index contributed by atoms with van der Waals surface area (Å²) in [6.45, 7) is 5.74. The molecule has 5 nitrogen and oxygen atoms in total. The lowest BCUT2D eigenvalue weighted by Gasteiger charge is -2.27. The van der Waals surface area contributed by atoms with Gasteiger partial charge < -0.3 is 4.90 Å². The van der Waals surface area contributed by atoms with Crippen LogP contribution in [-0.2, 0) is 16.6 Å². The average molecular weight is 441 g/mol. The van der Waals surface area contributed by atoms with E-state index < -0.39 is 10.0 Å². The van der Waals surface area contributed by atoms with Gasteiger partial charge in [0.05, 0.1) is 15.8 Å². The number of hydrogen-bond acceptors (Lipinski definition) is 4. The summed E-state index contributed by atoms with van der Waals surface area (Å²) in [6.07, 6.45) is 2.81. The summed E-state index contributed by atoms with van der Waals surface area (Å²) in [6, 6.07) is 8.68. The topological polar surface area (TPSA) is 57.7 Å². The summed E-state index contributed by atoms with van der Waals surface area (Å²) in [5.41, 5.74) is 1.06. The first-order chi connectivity index (χ1) is 13.3. The van der Waals surface area contributed by atoms with E-state index in [0.717, 1.165) is 24.1 Å². The molecule has 0 radical (unpaired) electrons. The lowest BCUT2D eigenvalue weighted by atomic mass is 10.1. The van der Waals surface area contributed by atoms with Gasteiger partial charge in [0.1, 0.15) is 0 Å². The van der Waals surface area contributed by atoms with Gasteiger partial charge in [0, 0.05) is 30.1 Å². The van der Waals surface area contributed by atoms with Crippen molar-refractivity contribution in [1.29, 1.82) is 0 Å². The largest absolute Gasteiger partial charge is 0.334 e. The fourth-order valence-electron chi connectivity index (χ4n) is 3.39. The number of carbonyl (C=O) groups excluding carboxylic acids is 1. The Morgan fingerprint density at radius 2 is 1.89 bits per heavy atom. The molecule has 1 amide bonds. The molecular weight excluding hydrogens is 416 g/mol. The molecule has 1 aliphatic rings. The number of sulfonamides is 1. The van der Waals surface area contributed by atoms with Crippen LogP contribution in [0.25, 0.3) is 0 Å². The minimum Gasteiger partial charge on any atom is -0.334 e. The highest BCUT2D eigenvalue weighted by Gasteiger charge is 2.28. The maximum atomic E-state index is 13.1. The van der Waals surface area contributed by atoms with Gasteiger partial charge in [0.25, 0.3) is 5.91 Å². The number of carbonyl (C=O) groups is 1. The lowest BCUT2D eigenvalue weighted by molar-refractivity contribution is 0.0754. The summed E-state index contributed by atoms with van der Waals surface area (Å²) >= 11 is 7.43. The van der Waals surface area contributed by atoms with Gasteiger partial charge in [0.15, 0.2) is 0 Å². The first-order valence-electron chi connectivity index (χ1n) is 9.47. The lowest BCUT2D eigenvalue weighted by Crippen LogP contribution is -2.36. The van der Waals surface area contributed by atoms with Gasteiger partial charge in [-0.05, 0) is 56.5 Å². The molecule has 0 atom stereocenters. The fourth-order valence-corrected chi connectivity index (χ4v) is 6.26. The summed E-state index contributed by atoms with van der Waals surface area (Å²) in [4.78, 5) is 16.0. The Bertz CT molecular complexity index is 950. The molecule has 0 bridgehead atoms. The van der Waals surface area contributed by atoms with Gasteiger partial charge in [0.2, 0.25) is 10.0 Å². The van der Waals surface area contributed by atoms with Crippen molar-refractivity contribution in [2.24, 2.45) is 0 Å². The van der Waals surface area contributed by atoms with Crippen LogP contribution in [0.1, 0.15) is 47.0 Å². The van der Waals surface area contributed by atoms with E-state index in [1.807, 2.05) is 19.1 Å². The summed E-state index contributed by atoms with van der Waals surface area (Å²) < 4.78 is 28.4. The second-order valence-corrected chi connectivity index (χ2v) is 10.7. The van der Waals surface area contributed by atoms with E-state index in [1.54, 1.807) is 28.3 Å². The van der Waals surface area contributed by atoms with Gasteiger partial charge in [-0.1, -0.05) is 24.1 Å². The second kappa shape index (κ2) is 8.95. The van der Waals surface area contributed by atoms with Crippen LogP contribution in [0.15, 0.2) is 35.2 Å². The number of thiophene rings is 1. The Morgan fingerprint density at radius 3 is 2.50 bits per heavy atom. The molecule has 1 aromatic heterocycles. The van der Waals surface area contributed by atoms with Crippen LogP contribution in [0.3, 0.4) is 0 Å². The number of benzene rings is 1. The molecule has 0 unspecified atom stereocenters. The molecular formula is C20H25ClN2O3S2. The molecule has 0 aliphatic carbocycles. The smallest absolute Gasteiger partial charge is 0.254 e. The Hall–Kier alpha value is -1.41. The standard InChI is InChI=1S/C20H25ClN2O3S2/c1-3-22(14-17-9-10-19(21)27-17)20(24)16-8-7-15(2)18(13-16)28(25,26)23-11-5-4-6-12-23/h7-10,13H,3-6,11-12,14H2,1-2H3. The van der Waals surface area contributed by atoms with Crippen molar-refractivity contribution in [2.45, 2.75) is 44.6 Å². The van der Waals surface area contributed by atoms with Crippen LogP contribution in [0.4, 0.5) is 0 Å². The third-order valence-corrected chi connectivity index (χ3v) is 8.27. The van der Waals surface area contributed by atoms with Crippen molar-refractivity contribution in [1.82, 2.24) is 9.21 Å². The fraction of sp³-hybridized carbons (Fsp3) is 0.450. The molecule has 28 heavy (non-hydrogen) atoms. The third kappa shape index (κ3) is 4.59. The summed E-state index contributed by atoms with van der Waals surface area (Å²) in [7, 11) is -3.59. The Labute approximate surface area is 176 Å². The Kier molecular flexibility index (Phi) is 6.81. The first kappa shape index (κ1) is 21.3. The number of halogens is 1. The molecule has 1 saturated heterocycles. The van der Waals surface area contributed by atoms with Crippen LogP contribution < -0.4 is 0 Å². The summed E-state index contributed by atoms with van der Waals surface area (Å²) in [5, 5.41) is 0. The third-order valence-electron chi connectivity index (χ3n) is 5.01. The van der Waals surface area contributed by atoms with Crippen LogP contribution in [-0.4, -0.2) is 43.2 Å². The van der Waals surface area contributed by atoms with E-state index in [9.17, 15) is 13.2 Å². The van der Waals surface area contributed by atoms with Crippen LogP contribution in [0.2, 0.25) is 4.34 Å². The van der Waals surface area contributed by atoms with Crippen LogP contribution >= 0.6 is 22.9 Å². The molecule has 1 aromatic carbocycles. The number of piperidine rings is 1. The monoisotopic (exact) mass is 440 g/mol. The molecule has 0 saturated carbocycles. The predicted octanol–water partition coefficient (Wildman–Crippen LogP) is 4.55. The number of nitrogens with zero attached hydrogens (tertiary/aromatic N) is 2. The van der Waals surface area contributed by atoms with E-state index in [-0.39, 0.29) is 10.8 Å². The molecule has 2 heterocycles. The number of hydrogen-bond donors (Lipinski definition) is 0. The highest BCUT2D eigenvalue weighted by atomic mass is 35.5. The number of aryl methyl sites for hydroxylation is 1. The number of rotatable bonds is 6. The van der Waals surface area contributed by atoms with Crippen molar-refractivity contribution in [3.8, 4) is 0 Å². The van der Waals surface area contributed by atoms with Crippen molar-refractivity contribution in [3.63, 3.8) is 0 Å². The molecule has 8 heteroatoms. The van der Waals surface area contributed by atoms with Crippen LogP contribution in [0.5, 0.6) is 0 Å². The van der Waals surface area contributed by atoms with Crippen molar-refractivity contribution in [3.05, 3.63) is 50.7 Å². The zero-order valence-corrected chi connectivity index (χ0v) is 18.5. The zero-order valence-electron chi connectivity index (χ0n) is 16.2. The Morgan fingerprint density at radius 1 is 1.18 bits per heavy atom. The Balaban J connectivity index is 1.87. The predicted molar refractivity (Wildman–Crippen MR) is 114 cm³/mol. The maximum absolute atomic E-state index is 13.1. The average Bonchev–Trinajstić information content (AvgIpc) is 3.11. The SMILES string of the molecule is CCN(Cc1ccc(Cl)s1)C(=O)c1ccc(C)c(S(=O)(=O)N2CCCCC2)c1. The molecule has 2 aromatic rings. The second-order valence-electron chi connectivity index (χ2n) is 6.97. The van der Waals surface area contributed by atoms with Crippen molar-refractivity contribution in [2.75, 3.05) is 19.6 Å². The molecule has 1 fully saturated rings. The minimum atomic E-state index is -3.59. The van der Waals surface area contributed by atoms with E-state index in [1.165, 1.54) is 17.4 Å². The normalized spacial score (nSPS) is 15.5. The molecule has 1 aliphatic heterocycles. The molecule has 3 rings (SSSR count). The maximum Gasteiger partial charge on any atom is 0.254 e. The molecule has 0 N–H and O–H groups in total. The van der Waals surface area contributed by atoms with Gasteiger partial charge in [-0.25, -0.2) is 8.42 Å². The van der Waals surface area contributed by atoms with Crippen molar-refractivity contribution < 1.29 is 13.2 Å². The first-order valence-corrected chi connectivity index (χ1v) is 12.1. The van der Waals surface area contributed by atoms with Crippen molar-refractivity contribution >= 4 is 38.9 Å². The highest BCUT2D eigenvalue weighted by Crippen LogP contribution is 2.26. The quantitative estimate of drug-likeness (QED) is 0.662. The summed E-state index contributed by atoms with van der Waals surface area (Å²) in [5.74, 6) is -0.179. The number of amides is 1. The molecule has 0 spiro atoms. The van der Waals surface area contributed by atoms with Gasteiger partial charge >= 0.3 is 0 Å². The molecule has 152 valence electrons. The van der Waals surface area contributed by atoms with Gasteiger partial charge in [-0.2, -0.15) is 4.31 Å². The highest BCUT2D eigenvalue weighted by molar-refractivity contribution is 7.89. The van der Waals surface area contributed by atoms with Gasteiger partial charge in [-0.3, -0.25) is 4.79 Å². The van der Waals surface area contributed by atoms with Gasteiger partial charge in [-0.15, -0.1) is 11.3 Å². The van der Waals surface area contributed by atoms with Crippen LogP contribution in [0, 0.1) is 6.92 Å². The van der Waals surface area contributed by atoms with E-state index in [2.05, 4.69) is 0 Å². The zero-order chi connectivity index (χ0) is 20.3. The van der Waals surface area contributed by atoms with E-state index in [4.69, 9.17) is 11.6 Å². The van der Waals surface area contributed by atoms with E-state index >= 15 is 0 Å².